The largest absolute Gasteiger partial charge is 0.353 e. The topological polar surface area (TPSA) is 122 Å². The monoisotopic (exact) mass is 344 g/mol. The van der Waals surface area contributed by atoms with E-state index in [2.05, 4.69) is 10.6 Å². The van der Waals surface area contributed by atoms with Gasteiger partial charge in [-0.05, 0) is 5.56 Å². The highest BCUT2D eigenvalue weighted by atomic mass is 16.2. The molecule has 1 aromatic carbocycles. The van der Waals surface area contributed by atoms with E-state index in [-0.39, 0.29) is 19.6 Å². The van der Waals surface area contributed by atoms with Gasteiger partial charge in [0.15, 0.2) is 0 Å². The first-order valence-corrected chi connectivity index (χ1v) is 7.86. The second kappa shape index (κ2) is 8.74. The minimum Gasteiger partial charge on any atom is -0.353 e. The van der Waals surface area contributed by atoms with Gasteiger partial charge in [0.25, 0.3) is 11.8 Å². The summed E-state index contributed by atoms with van der Waals surface area (Å²) in [4.78, 5) is 47.9. The van der Waals surface area contributed by atoms with Crippen LogP contribution in [-0.4, -0.2) is 54.2 Å². The first kappa shape index (κ1) is 18.3. The van der Waals surface area contributed by atoms with Crippen LogP contribution in [0.15, 0.2) is 42.5 Å². The predicted octanol–water partition coefficient (Wildman–Crippen LogP) is -1.29. The first-order chi connectivity index (χ1) is 12.0. The highest BCUT2D eigenvalue weighted by Gasteiger charge is 2.24. The summed E-state index contributed by atoms with van der Waals surface area (Å²) in [6, 6.07) is 8.44. The van der Waals surface area contributed by atoms with Crippen molar-refractivity contribution in [1.82, 2.24) is 15.5 Å². The molecule has 0 aromatic heterocycles. The highest BCUT2D eigenvalue weighted by Crippen LogP contribution is 2.04. The number of imide groups is 1. The van der Waals surface area contributed by atoms with E-state index in [9.17, 15) is 19.2 Å². The zero-order valence-corrected chi connectivity index (χ0v) is 13.6. The van der Waals surface area contributed by atoms with E-state index in [0.29, 0.717) is 6.42 Å². The number of rotatable bonds is 8. The van der Waals surface area contributed by atoms with Crippen LogP contribution in [0.5, 0.6) is 0 Å². The smallest absolute Gasteiger partial charge is 0.253 e. The normalized spacial score (nSPS) is 14.5. The van der Waals surface area contributed by atoms with Crippen molar-refractivity contribution >= 4 is 23.6 Å². The molecule has 1 aliphatic rings. The Bertz CT molecular complexity index is 669. The maximum absolute atomic E-state index is 12.4. The molecule has 4 amide bonds. The van der Waals surface area contributed by atoms with Gasteiger partial charge in [-0.3, -0.25) is 24.1 Å². The van der Waals surface area contributed by atoms with Crippen LogP contribution >= 0.6 is 0 Å². The quantitative estimate of drug-likeness (QED) is 0.507. The summed E-state index contributed by atoms with van der Waals surface area (Å²) >= 11 is 0. The van der Waals surface area contributed by atoms with Gasteiger partial charge in [-0.15, -0.1) is 0 Å². The average molecular weight is 344 g/mol. The van der Waals surface area contributed by atoms with E-state index < -0.39 is 29.7 Å². The molecule has 0 spiro atoms. The number of hydrogen-bond donors (Lipinski definition) is 3. The Kier molecular flexibility index (Phi) is 6.41. The molecule has 0 fully saturated rings. The molecule has 0 aliphatic carbocycles. The van der Waals surface area contributed by atoms with Crippen molar-refractivity contribution in [3.8, 4) is 0 Å². The van der Waals surface area contributed by atoms with Crippen LogP contribution in [0.2, 0.25) is 0 Å². The Morgan fingerprint density at radius 3 is 2.32 bits per heavy atom. The van der Waals surface area contributed by atoms with E-state index >= 15 is 0 Å². The summed E-state index contributed by atoms with van der Waals surface area (Å²) in [7, 11) is 0. The van der Waals surface area contributed by atoms with Crippen molar-refractivity contribution in [2.45, 2.75) is 12.5 Å². The molecule has 8 heteroatoms. The second-order valence-electron chi connectivity index (χ2n) is 5.47. The maximum Gasteiger partial charge on any atom is 0.253 e. The maximum atomic E-state index is 12.4. The molecular formula is C17H20N4O4. The average Bonchev–Trinajstić information content (AvgIpc) is 2.93. The molecule has 1 atom stereocenters. The van der Waals surface area contributed by atoms with Crippen molar-refractivity contribution in [2.24, 2.45) is 5.73 Å². The van der Waals surface area contributed by atoms with Gasteiger partial charge in [-0.25, -0.2) is 0 Å². The molecule has 4 N–H and O–H groups in total. The fourth-order valence-corrected chi connectivity index (χ4v) is 2.38. The SMILES string of the molecule is NCC(=O)N[C@@H](Cc1ccccc1)C(=O)NCCN1C(=O)C=CC1=O. The third-order valence-electron chi connectivity index (χ3n) is 3.65. The number of nitrogens with one attached hydrogen (secondary N) is 2. The first-order valence-electron chi connectivity index (χ1n) is 7.86. The summed E-state index contributed by atoms with van der Waals surface area (Å²) in [5, 5.41) is 5.21. The molecule has 132 valence electrons. The standard InChI is InChI=1S/C17H20N4O4/c18-11-14(22)20-13(10-12-4-2-1-3-5-12)17(25)19-8-9-21-15(23)6-7-16(21)24/h1-7,13H,8-11,18H2,(H,19,25)(H,20,22)/t13-/m0/s1. The van der Waals surface area contributed by atoms with Gasteiger partial charge in [-0.1, -0.05) is 30.3 Å². The van der Waals surface area contributed by atoms with E-state index in [0.717, 1.165) is 10.5 Å². The Hall–Kier alpha value is -3.00. The number of amides is 4. The molecule has 0 bridgehead atoms. The van der Waals surface area contributed by atoms with Gasteiger partial charge < -0.3 is 16.4 Å². The van der Waals surface area contributed by atoms with Crippen molar-refractivity contribution in [1.29, 1.82) is 0 Å². The fraction of sp³-hybridized carbons (Fsp3) is 0.294. The lowest BCUT2D eigenvalue weighted by Gasteiger charge is -2.19. The van der Waals surface area contributed by atoms with Crippen molar-refractivity contribution < 1.29 is 19.2 Å². The lowest BCUT2D eigenvalue weighted by molar-refractivity contribution is -0.137. The molecule has 0 saturated heterocycles. The number of nitrogens with two attached hydrogens (primary N) is 1. The molecule has 0 saturated carbocycles. The number of carbonyl (C=O) groups is 4. The minimum atomic E-state index is -0.790. The van der Waals surface area contributed by atoms with E-state index in [1.54, 1.807) is 0 Å². The molecule has 1 heterocycles. The molecule has 0 radical (unpaired) electrons. The predicted molar refractivity (Wildman–Crippen MR) is 90.0 cm³/mol. The van der Waals surface area contributed by atoms with Gasteiger partial charge in [0.05, 0.1) is 6.54 Å². The van der Waals surface area contributed by atoms with E-state index in [4.69, 9.17) is 5.73 Å². The second-order valence-corrected chi connectivity index (χ2v) is 5.47. The molecule has 2 rings (SSSR count). The van der Waals surface area contributed by atoms with Crippen LogP contribution in [-0.2, 0) is 25.6 Å². The van der Waals surface area contributed by atoms with Crippen LogP contribution in [0.3, 0.4) is 0 Å². The van der Waals surface area contributed by atoms with Gasteiger partial charge >= 0.3 is 0 Å². The third kappa shape index (κ3) is 5.25. The lowest BCUT2D eigenvalue weighted by Crippen LogP contribution is -2.51. The summed E-state index contributed by atoms with van der Waals surface area (Å²) in [5.41, 5.74) is 6.18. The molecule has 1 aromatic rings. The lowest BCUT2D eigenvalue weighted by atomic mass is 10.1. The summed E-state index contributed by atoms with van der Waals surface area (Å²) in [5.74, 6) is -1.66. The number of carbonyl (C=O) groups excluding carboxylic acids is 4. The van der Waals surface area contributed by atoms with Crippen LogP contribution < -0.4 is 16.4 Å². The van der Waals surface area contributed by atoms with E-state index in [1.165, 1.54) is 12.2 Å². The third-order valence-corrected chi connectivity index (χ3v) is 3.65. The van der Waals surface area contributed by atoms with Crippen LogP contribution in [0.1, 0.15) is 5.56 Å². The minimum absolute atomic E-state index is 0.0687. The van der Waals surface area contributed by atoms with Crippen molar-refractivity contribution in [2.75, 3.05) is 19.6 Å². The Labute approximate surface area is 145 Å². The van der Waals surface area contributed by atoms with Crippen LogP contribution in [0.25, 0.3) is 0 Å². The van der Waals surface area contributed by atoms with Crippen molar-refractivity contribution in [3.05, 3.63) is 48.0 Å². The Morgan fingerprint density at radius 2 is 1.72 bits per heavy atom. The molecule has 8 nitrogen and oxygen atoms in total. The molecule has 1 aliphatic heterocycles. The van der Waals surface area contributed by atoms with Crippen LogP contribution in [0, 0.1) is 0 Å². The summed E-state index contributed by atoms with van der Waals surface area (Å²) in [6.45, 7) is -0.0535. The van der Waals surface area contributed by atoms with Crippen LogP contribution in [0.4, 0.5) is 0 Å². The number of hydrogen-bond acceptors (Lipinski definition) is 5. The Balaban J connectivity index is 1.91. The molecule has 0 unspecified atom stereocenters. The van der Waals surface area contributed by atoms with E-state index in [1.807, 2.05) is 30.3 Å². The van der Waals surface area contributed by atoms with Gasteiger partial charge in [0, 0.05) is 31.7 Å². The van der Waals surface area contributed by atoms with Gasteiger partial charge in [0.2, 0.25) is 11.8 Å². The fourth-order valence-electron chi connectivity index (χ4n) is 2.38. The number of nitrogens with zero attached hydrogens (tertiary/aromatic N) is 1. The zero-order valence-electron chi connectivity index (χ0n) is 13.6. The Morgan fingerprint density at radius 1 is 1.08 bits per heavy atom. The summed E-state index contributed by atoms with van der Waals surface area (Å²) in [6.07, 6.45) is 2.68. The summed E-state index contributed by atoms with van der Waals surface area (Å²) < 4.78 is 0. The number of benzene rings is 1. The highest BCUT2D eigenvalue weighted by molar-refractivity contribution is 6.12. The van der Waals surface area contributed by atoms with Crippen molar-refractivity contribution in [3.63, 3.8) is 0 Å². The van der Waals surface area contributed by atoms with Gasteiger partial charge in [0.1, 0.15) is 6.04 Å². The molecule has 25 heavy (non-hydrogen) atoms. The zero-order chi connectivity index (χ0) is 18.2. The van der Waals surface area contributed by atoms with Gasteiger partial charge in [-0.2, -0.15) is 0 Å². The molecular weight excluding hydrogens is 324 g/mol.